The van der Waals surface area contributed by atoms with E-state index in [0.29, 0.717) is 0 Å². The molecule has 0 fully saturated rings. The molecule has 0 saturated carbocycles. The van der Waals surface area contributed by atoms with Gasteiger partial charge in [-0.25, -0.2) is 0 Å². The summed E-state index contributed by atoms with van der Waals surface area (Å²) in [6.07, 6.45) is 0. The molecule has 0 heterocycles. The summed E-state index contributed by atoms with van der Waals surface area (Å²) in [5, 5.41) is 20.4. The first kappa shape index (κ1) is 23.2. The zero-order valence-corrected chi connectivity index (χ0v) is 18.0. The summed E-state index contributed by atoms with van der Waals surface area (Å²) in [6, 6.07) is 4.06. The second kappa shape index (κ2) is 7.67. The minimum Gasteiger partial charge on any atom is -0.427 e. The minimum absolute atomic E-state index is 0.710. The molecule has 1 aromatic carbocycles. The van der Waals surface area contributed by atoms with Crippen LogP contribution in [0.2, 0.25) is 0 Å². The van der Waals surface area contributed by atoms with Gasteiger partial charge in [0.05, 0.1) is 22.4 Å². The Balaban J connectivity index is 2.89. The van der Waals surface area contributed by atoms with Gasteiger partial charge in [0, 0.05) is 0 Å². The van der Waals surface area contributed by atoms with Crippen LogP contribution in [0.4, 0.5) is 0 Å². The largest absolute Gasteiger partial charge is 0.427 e. The van der Waals surface area contributed by atoms with Crippen LogP contribution < -0.4 is 10.9 Å². The van der Waals surface area contributed by atoms with Crippen molar-refractivity contribution in [3.63, 3.8) is 0 Å². The van der Waals surface area contributed by atoms with Gasteiger partial charge in [0.2, 0.25) is 0 Å². The first-order valence-electron chi connectivity index (χ1n) is 9.06. The van der Waals surface area contributed by atoms with E-state index in [9.17, 15) is 10.2 Å². The summed E-state index contributed by atoms with van der Waals surface area (Å²) in [6.45, 7) is 18.4. The van der Waals surface area contributed by atoms with Crippen molar-refractivity contribution in [1.82, 2.24) is 0 Å². The van der Waals surface area contributed by atoms with Crippen LogP contribution in [-0.2, 0) is 9.31 Å². The van der Waals surface area contributed by atoms with Crippen molar-refractivity contribution in [3.05, 3.63) is 23.3 Å². The highest BCUT2D eigenvalue weighted by Gasteiger charge is 2.37. The van der Waals surface area contributed by atoms with Gasteiger partial charge in [-0.15, -0.1) is 0 Å². The van der Waals surface area contributed by atoms with Crippen LogP contribution in [0.1, 0.15) is 66.5 Å². The normalized spacial score (nSPS) is 13.7. The van der Waals surface area contributed by atoms with Crippen molar-refractivity contribution < 1.29 is 19.5 Å². The minimum atomic E-state index is -0.962. The first-order valence-corrected chi connectivity index (χ1v) is 9.06. The molecule has 0 unspecified atom stereocenters. The zero-order chi connectivity index (χ0) is 20.6. The molecular weight excluding hydrogens is 326 g/mol. The van der Waals surface area contributed by atoms with E-state index in [-0.39, 0.29) is 0 Å². The summed E-state index contributed by atoms with van der Waals surface area (Å²) in [5.41, 5.74) is 0.650. The molecule has 4 nitrogen and oxygen atoms in total. The van der Waals surface area contributed by atoms with Crippen molar-refractivity contribution >= 4 is 25.9 Å². The standard InChI is InChI=1S/C20H34B2O4/c1-13-11-16(22-26-20(9,10)18(5,6)24)14(2)12-15(13)21-25-19(7,8)17(3,4)23/h11-12,23-24H,1-10H3. The molecule has 144 valence electrons. The molecule has 1 aromatic rings. The zero-order valence-electron chi connectivity index (χ0n) is 18.0. The van der Waals surface area contributed by atoms with Crippen molar-refractivity contribution in [2.24, 2.45) is 0 Å². The molecule has 0 aliphatic carbocycles. The van der Waals surface area contributed by atoms with Gasteiger partial charge < -0.3 is 19.5 Å². The maximum absolute atomic E-state index is 10.2. The van der Waals surface area contributed by atoms with E-state index in [1.165, 1.54) is 0 Å². The number of benzene rings is 1. The van der Waals surface area contributed by atoms with Gasteiger partial charge in [-0.1, -0.05) is 34.2 Å². The fourth-order valence-electron chi connectivity index (χ4n) is 1.82. The van der Waals surface area contributed by atoms with Crippen molar-refractivity contribution in [2.75, 3.05) is 0 Å². The number of aryl methyl sites for hydroxylation is 2. The van der Waals surface area contributed by atoms with Crippen LogP contribution in [0.3, 0.4) is 0 Å². The SMILES string of the molecule is Cc1cc([B]OC(C)(C)C(C)(C)O)c(C)cc1[B]OC(C)(C)C(C)(C)O. The smallest absolute Gasteiger partial charge is 0.331 e. The predicted octanol–water partition coefficient (Wildman–Crippen LogP) is 1.92. The Hall–Kier alpha value is -0.810. The molecule has 0 aliphatic rings. The van der Waals surface area contributed by atoms with Crippen LogP contribution in [0.25, 0.3) is 0 Å². The first-order chi connectivity index (χ1) is 11.5. The highest BCUT2D eigenvalue weighted by molar-refractivity contribution is 6.50. The molecule has 1 rings (SSSR count). The molecule has 2 N–H and O–H groups in total. The molecule has 26 heavy (non-hydrogen) atoms. The molecule has 0 amide bonds. The van der Waals surface area contributed by atoms with Gasteiger partial charge >= 0.3 is 15.0 Å². The van der Waals surface area contributed by atoms with E-state index >= 15 is 0 Å². The van der Waals surface area contributed by atoms with Crippen LogP contribution in [0, 0.1) is 13.8 Å². The Bertz CT molecular complexity index is 570. The molecular formula is C20H34B2O4. The van der Waals surface area contributed by atoms with Gasteiger partial charge in [-0.05, 0) is 69.2 Å². The van der Waals surface area contributed by atoms with E-state index < -0.39 is 22.4 Å². The molecule has 0 spiro atoms. The van der Waals surface area contributed by atoms with Crippen molar-refractivity contribution in [3.8, 4) is 0 Å². The Labute approximate surface area is 160 Å². The molecule has 2 radical (unpaired) electrons. The van der Waals surface area contributed by atoms with Gasteiger partial charge in [0.25, 0.3) is 0 Å². The summed E-state index contributed by atoms with van der Waals surface area (Å²) in [4.78, 5) is 0. The van der Waals surface area contributed by atoms with Gasteiger partial charge in [0.15, 0.2) is 0 Å². The Morgan fingerprint density at radius 1 is 0.654 bits per heavy atom. The number of hydrogen-bond acceptors (Lipinski definition) is 4. The Morgan fingerprint density at radius 2 is 0.923 bits per heavy atom. The van der Waals surface area contributed by atoms with Crippen LogP contribution in [0.5, 0.6) is 0 Å². The molecule has 0 aliphatic heterocycles. The monoisotopic (exact) mass is 360 g/mol. The lowest BCUT2D eigenvalue weighted by atomic mass is 9.74. The van der Waals surface area contributed by atoms with Crippen LogP contribution in [-0.4, -0.2) is 47.6 Å². The van der Waals surface area contributed by atoms with E-state index in [2.05, 4.69) is 0 Å². The highest BCUT2D eigenvalue weighted by Crippen LogP contribution is 2.25. The lowest BCUT2D eigenvalue weighted by Crippen LogP contribution is -2.50. The third-order valence-electron chi connectivity index (χ3n) is 5.56. The summed E-state index contributed by atoms with van der Waals surface area (Å²) < 4.78 is 11.7. The summed E-state index contributed by atoms with van der Waals surface area (Å²) in [7, 11) is 3.40. The average Bonchev–Trinajstić information content (AvgIpc) is 2.44. The Morgan fingerprint density at radius 3 is 1.15 bits per heavy atom. The van der Waals surface area contributed by atoms with Crippen LogP contribution in [0.15, 0.2) is 12.1 Å². The lowest BCUT2D eigenvalue weighted by Gasteiger charge is -2.38. The second-order valence-electron chi connectivity index (χ2n) is 9.18. The van der Waals surface area contributed by atoms with Crippen LogP contribution >= 0.6 is 0 Å². The maximum Gasteiger partial charge on any atom is 0.331 e. The van der Waals surface area contributed by atoms with E-state index in [1.54, 1.807) is 42.7 Å². The molecule has 0 bridgehead atoms. The molecule has 0 atom stereocenters. The average molecular weight is 360 g/mol. The molecule has 0 saturated heterocycles. The number of rotatable bonds is 8. The number of aliphatic hydroxyl groups is 2. The maximum atomic E-state index is 10.2. The topological polar surface area (TPSA) is 58.9 Å². The third kappa shape index (κ3) is 5.59. The predicted molar refractivity (Wildman–Crippen MR) is 110 cm³/mol. The number of hydrogen-bond donors (Lipinski definition) is 2. The quantitative estimate of drug-likeness (QED) is 0.696. The van der Waals surface area contributed by atoms with E-state index in [1.807, 2.05) is 53.7 Å². The van der Waals surface area contributed by atoms with Crippen molar-refractivity contribution in [1.29, 1.82) is 0 Å². The fraction of sp³-hybridized carbons (Fsp3) is 0.700. The van der Waals surface area contributed by atoms with Gasteiger partial charge in [0.1, 0.15) is 0 Å². The van der Waals surface area contributed by atoms with Gasteiger partial charge in [-0.3, -0.25) is 0 Å². The highest BCUT2D eigenvalue weighted by atomic mass is 16.5. The molecule has 0 aromatic heterocycles. The third-order valence-corrected chi connectivity index (χ3v) is 5.56. The summed E-state index contributed by atoms with van der Waals surface area (Å²) in [5.74, 6) is 0. The van der Waals surface area contributed by atoms with Crippen molar-refractivity contribution in [2.45, 2.75) is 91.6 Å². The van der Waals surface area contributed by atoms with E-state index in [4.69, 9.17) is 9.31 Å². The lowest BCUT2D eigenvalue weighted by molar-refractivity contribution is -0.0893. The molecule has 6 heteroatoms. The van der Waals surface area contributed by atoms with E-state index in [0.717, 1.165) is 22.1 Å². The fourth-order valence-corrected chi connectivity index (χ4v) is 1.82. The second-order valence-corrected chi connectivity index (χ2v) is 9.18. The summed E-state index contributed by atoms with van der Waals surface area (Å²) >= 11 is 0. The Kier molecular flexibility index (Phi) is 6.85. The van der Waals surface area contributed by atoms with Gasteiger partial charge in [-0.2, -0.15) is 0 Å².